The Hall–Kier alpha value is -4.13. The van der Waals surface area contributed by atoms with Gasteiger partial charge in [0.15, 0.2) is 5.82 Å². The van der Waals surface area contributed by atoms with Crippen molar-refractivity contribution < 1.29 is 4.79 Å². The van der Waals surface area contributed by atoms with Crippen LogP contribution in [-0.2, 0) is 5.41 Å². The van der Waals surface area contributed by atoms with Gasteiger partial charge in [-0.2, -0.15) is 4.52 Å². The monoisotopic (exact) mass is 460 g/mol. The number of imidazole rings is 1. The van der Waals surface area contributed by atoms with Crippen molar-refractivity contribution in [3.63, 3.8) is 0 Å². The van der Waals surface area contributed by atoms with E-state index >= 15 is 0 Å². The molecular formula is C28H24N6O. The van der Waals surface area contributed by atoms with Crippen LogP contribution in [0.4, 0.5) is 5.82 Å². The number of rotatable bonds is 5. The zero-order valence-corrected chi connectivity index (χ0v) is 19.2. The Morgan fingerprint density at radius 1 is 1.00 bits per heavy atom. The fourth-order valence-corrected chi connectivity index (χ4v) is 5.16. The van der Waals surface area contributed by atoms with E-state index in [-0.39, 0.29) is 11.3 Å². The molecule has 0 aliphatic heterocycles. The predicted octanol–water partition coefficient (Wildman–Crippen LogP) is 5.27. The van der Waals surface area contributed by atoms with Gasteiger partial charge in [-0.1, -0.05) is 36.8 Å². The van der Waals surface area contributed by atoms with Crippen LogP contribution >= 0.6 is 0 Å². The van der Waals surface area contributed by atoms with Gasteiger partial charge >= 0.3 is 0 Å². The standard InChI is InChI=1S/C28H24N6O/c35-26(19-6-2-1-3-7-19)32-25-24(18-8-4-9-18)31-27-30-17-23(34(27)33-25)28(13-14-28)21-11-12-22-20(16-21)10-5-15-29-22/h1-3,5-7,10-12,15-18H,4,8-9,13-14H2,(H,32,33,35). The van der Waals surface area contributed by atoms with Crippen LogP contribution in [0, 0.1) is 0 Å². The smallest absolute Gasteiger partial charge is 0.256 e. The Bertz CT molecular complexity index is 1580. The number of amides is 1. The van der Waals surface area contributed by atoms with Gasteiger partial charge in [0.2, 0.25) is 0 Å². The summed E-state index contributed by atoms with van der Waals surface area (Å²) in [6.07, 6.45) is 9.05. The minimum atomic E-state index is -0.176. The fraction of sp³-hybridized carbons (Fsp3) is 0.250. The van der Waals surface area contributed by atoms with Crippen LogP contribution in [0.25, 0.3) is 16.7 Å². The van der Waals surface area contributed by atoms with Gasteiger partial charge in [-0.3, -0.25) is 9.78 Å². The molecule has 0 bridgehead atoms. The maximum absolute atomic E-state index is 13.0. The second kappa shape index (κ2) is 7.70. The van der Waals surface area contributed by atoms with Crippen molar-refractivity contribution in [1.82, 2.24) is 24.6 Å². The second-order valence-corrected chi connectivity index (χ2v) is 9.64. The summed E-state index contributed by atoms with van der Waals surface area (Å²) in [5.74, 6) is 1.26. The van der Waals surface area contributed by atoms with Gasteiger partial charge in [-0.05, 0) is 61.6 Å². The zero-order valence-electron chi connectivity index (χ0n) is 19.2. The quantitative estimate of drug-likeness (QED) is 0.386. The van der Waals surface area contributed by atoms with Gasteiger partial charge in [-0.15, -0.1) is 5.10 Å². The van der Waals surface area contributed by atoms with Crippen LogP contribution in [-0.4, -0.2) is 30.5 Å². The van der Waals surface area contributed by atoms with E-state index in [2.05, 4.69) is 39.6 Å². The summed E-state index contributed by atoms with van der Waals surface area (Å²) >= 11 is 0. The van der Waals surface area contributed by atoms with E-state index < -0.39 is 0 Å². The molecule has 7 nitrogen and oxygen atoms in total. The summed E-state index contributed by atoms with van der Waals surface area (Å²) in [4.78, 5) is 27.0. The highest BCUT2D eigenvalue weighted by Gasteiger charge is 2.49. The van der Waals surface area contributed by atoms with Crippen molar-refractivity contribution in [2.75, 3.05) is 5.32 Å². The molecule has 3 aromatic heterocycles. The predicted molar refractivity (Wildman–Crippen MR) is 134 cm³/mol. The molecule has 2 aliphatic carbocycles. The Morgan fingerprint density at radius 3 is 2.63 bits per heavy atom. The molecule has 0 spiro atoms. The number of hydrogen-bond donors (Lipinski definition) is 1. The maximum Gasteiger partial charge on any atom is 0.256 e. The average molecular weight is 461 g/mol. The first-order valence-corrected chi connectivity index (χ1v) is 12.2. The first kappa shape index (κ1) is 20.3. The fourth-order valence-electron chi connectivity index (χ4n) is 5.16. The molecule has 5 aromatic rings. The number of pyridine rings is 1. The summed E-state index contributed by atoms with van der Waals surface area (Å²) in [6, 6.07) is 19.8. The number of hydrogen-bond acceptors (Lipinski definition) is 5. The number of carbonyl (C=O) groups is 1. The van der Waals surface area contributed by atoms with Crippen LogP contribution in [0.5, 0.6) is 0 Å². The molecule has 7 rings (SSSR count). The van der Waals surface area contributed by atoms with Crippen molar-refractivity contribution in [3.8, 4) is 0 Å². The lowest BCUT2D eigenvalue weighted by Gasteiger charge is -2.26. The molecule has 1 N–H and O–H groups in total. The highest BCUT2D eigenvalue weighted by molar-refractivity contribution is 6.04. The average Bonchev–Trinajstić information content (AvgIpc) is 3.57. The van der Waals surface area contributed by atoms with Gasteiger partial charge in [0.25, 0.3) is 11.7 Å². The molecule has 3 heterocycles. The van der Waals surface area contributed by atoms with Crippen LogP contribution in [0.3, 0.4) is 0 Å². The van der Waals surface area contributed by atoms with Crippen molar-refractivity contribution in [1.29, 1.82) is 0 Å². The lowest BCUT2D eigenvalue weighted by atomic mass is 9.83. The number of benzene rings is 2. The third-order valence-electron chi connectivity index (χ3n) is 7.54. The molecule has 1 amide bonds. The number of aromatic nitrogens is 5. The molecule has 2 aromatic carbocycles. The molecule has 2 fully saturated rings. The second-order valence-electron chi connectivity index (χ2n) is 9.64. The number of anilines is 1. The molecule has 2 saturated carbocycles. The summed E-state index contributed by atoms with van der Waals surface area (Å²) in [7, 11) is 0. The summed E-state index contributed by atoms with van der Waals surface area (Å²) in [5, 5.41) is 9.12. The Balaban J connectivity index is 1.33. The third-order valence-corrected chi connectivity index (χ3v) is 7.54. The number of nitrogens with zero attached hydrogens (tertiary/aromatic N) is 5. The molecule has 35 heavy (non-hydrogen) atoms. The van der Waals surface area contributed by atoms with Crippen LogP contribution in [0.15, 0.2) is 73.1 Å². The Morgan fingerprint density at radius 2 is 1.86 bits per heavy atom. The number of nitrogens with one attached hydrogen (secondary N) is 1. The topological polar surface area (TPSA) is 85.1 Å². The van der Waals surface area contributed by atoms with Gasteiger partial charge in [0.1, 0.15) is 0 Å². The van der Waals surface area contributed by atoms with Crippen LogP contribution < -0.4 is 5.32 Å². The normalized spacial score (nSPS) is 16.8. The van der Waals surface area contributed by atoms with E-state index in [4.69, 9.17) is 10.1 Å². The first-order chi connectivity index (χ1) is 17.2. The lowest BCUT2D eigenvalue weighted by molar-refractivity contribution is 0.102. The van der Waals surface area contributed by atoms with Gasteiger partial charge < -0.3 is 5.32 Å². The summed E-state index contributed by atoms with van der Waals surface area (Å²) in [5.41, 5.74) is 4.52. The van der Waals surface area contributed by atoms with Gasteiger partial charge in [0, 0.05) is 28.5 Å². The van der Waals surface area contributed by atoms with E-state index in [0.29, 0.717) is 23.1 Å². The largest absolute Gasteiger partial charge is 0.304 e. The molecule has 2 aliphatic rings. The number of fused-ring (bicyclic) bond motifs is 2. The molecule has 0 unspecified atom stereocenters. The van der Waals surface area contributed by atoms with Crippen molar-refractivity contribution in [2.24, 2.45) is 0 Å². The maximum atomic E-state index is 13.0. The lowest BCUT2D eigenvalue weighted by Crippen LogP contribution is -2.22. The molecular weight excluding hydrogens is 436 g/mol. The van der Waals surface area contributed by atoms with Gasteiger partial charge in [0.05, 0.1) is 23.1 Å². The van der Waals surface area contributed by atoms with E-state index in [1.54, 1.807) is 12.1 Å². The summed E-state index contributed by atoms with van der Waals surface area (Å²) < 4.78 is 1.84. The van der Waals surface area contributed by atoms with E-state index in [0.717, 1.165) is 48.0 Å². The molecule has 7 heteroatoms. The van der Waals surface area contributed by atoms with Crippen LogP contribution in [0.2, 0.25) is 0 Å². The van der Waals surface area contributed by atoms with Gasteiger partial charge in [-0.25, -0.2) is 9.97 Å². The highest BCUT2D eigenvalue weighted by atomic mass is 16.1. The Kier molecular flexibility index (Phi) is 4.46. The van der Waals surface area contributed by atoms with Crippen molar-refractivity contribution >= 4 is 28.4 Å². The SMILES string of the molecule is O=C(Nc1nn2c(C3(c4ccc5ncccc5c4)CC3)cnc2nc1C1CCC1)c1ccccc1. The minimum absolute atomic E-state index is 0.156. The molecule has 0 saturated heterocycles. The zero-order chi connectivity index (χ0) is 23.4. The van der Waals surface area contributed by atoms with E-state index in [1.165, 1.54) is 12.0 Å². The highest BCUT2D eigenvalue weighted by Crippen LogP contribution is 2.53. The third kappa shape index (κ3) is 3.30. The first-order valence-electron chi connectivity index (χ1n) is 12.2. The number of carbonyl (C=O) groups excluding carboxylic acids is 1. The summed E-state index contributed by atoms with van der Waals surface area (Å²) in [6.45, 7) is 0. The van der Waals surface area contributed by atoms with Crippen molar-refractivity contribution in [2.45, 2.75) is 43.4 Å². The molecule has 0 atom stereocenters. The molecule has 172 valence electrons. The minimum Gasteiger partial charge on any atom is -0.304 e. The Labute approximate surface area is 202 Å². The van der Waals surface area contributed by atoms with Crippen molar-refractivity contribution in [3.05, 3.63) is 95.6 Å². The van der Waals surface area contributed by atoms with E-state index in [9.17, 15) is 4.79 Å². The van der Waals surface area contributed by atoms with Crippen LogP contribution in [0.1, 0.15) is 65.3 Å². The molecule has 0 radical (unpaired) electrons. The van der Waals surface area contributed by atoms with E-state index in [1.807, 2.05) is 41.2 Å².